The molecule has 0 bridgehead atoms. The summed E-state index contributed by atoms with van der Waals surface area (Å²) in [6.45, 7) is 5.26. The first-order valence-corrected chi connectivity index (χ1v) is 6.96. The van der Waals surface area contributed by atoms with Crippen LogP contribution in [0, 0.1) is 27.6 Å². The number of anilines is 1. The van der Waals surface area contributed by atoms with E-state index < -0.39 is 39.8 Å². The third kappa shape index (κ3) is 3.12. The Kier molecular flexibility index (Phi) is 4.96. The van der Waals surface area contributed by atoms with E-state index in [-0.39, 0.29) is 31.9 Å². The smallest absolute Gasteiger partial charge is 0.414 e. The van der Waals surface area contributed by atoms with Crippen molar-refractivity contribution in [2.75, 3.05) is 31.1 Å². The maximum absolute atomic E-state index is 14.1. The Morgan fingerprint density at radius 1 is 1.38 bits per heavy atom. The number of hydrogen-bond acceptors (Lipinski definition) is 5. The van der Waals surface area contributed by atoms with E-state index in [4.69, 9.17) is 4.74 Å². The number of amides is 1. The van der Waals surface area contributed by atoms with Crippen LogP contribution in [-0.4, -0.2) is 42.2 Å². The lowest BCUT2D eigenvalue weighted by Crippen LogP contribution is -2.47. The number of carbonyl (C=O) groups excluding carboxylic acids is 1. The largest absolute Gasteiger partial charge is 0.449 e. The molecule has 0 aliphatic carbocycles. The summed E-state index contributed by atoms with van der Waals surface area (Å²) in [6.07, 6.45) is -0.641. The molecule has 1 aromatic rings. The molecular weight excluding hydrogens is 331 g/mol. The van der Waals surface area contributed by atoms with Gasteiger partial charge in [0.1, 0.15) is 5.69 Å². The minimum atomic E-state index is -1.74. The Hall–Kier alpha value is -2.78. The van der Waals surface area contributed by atoms with Crippen molar-refractivity contribution in [3.05, 3.63) is 45.9 Å². The third-order valence-corrected chi connectivity index (χ3v) is 3.46. The van der Waals surface area contributed by atoms with Gasteiger partial charge in [-0.3, -0.25) is 15.0 Å². The van der Waals surface area contributed by atoms with Gasteiger partial charge in [-0.1, -0.05) is 6.58 Å². The number of halogens is 3. The van der Waals surface area contributed by atoms with Crippen LogP contribution in [0.2, 0.25) is 0 Å². The topological polar surface area (TPSA) is 75.9 Å². The van der Waals surface area contributed by atoms with Crippen LogP contribution >= 0.6 is 0 Å². The highest BCUT2D eigenvalue weighted by molar-refractivity contribution is 5.71. The second-order valence-corrected chi connectivity index (χ2v) is 4.95. The van der Waals surface area contributed by atoms with Gasteiger partial charge in [0.05, 0.1) is 24.1 Å². The molecule has 1 saturated heterocycles. The molecule has 0 unspecified atom stereocenters. The Balaban J connectivity index is 2.29. The number of benzene rings is 1. The van der Waals surface area contributed by atoms with Gasteiger partial charge in [-0.05, 0) is 6.92 Å². The fourth-order valence-electron chi connectivity index (χ4n) is 2.37. The fourth-order valence-corrected chi connectivity index (χ4v) is 2.37. The average Bonchev–Trinajstić information content (AvgIpc) is 2.51. The van der Waals surface area contributed by atoms with Crippen LogP contribution in [0.3, 0.4) is 0 Å². The summed E-state index contributed by atoms with van der Waals surface area (Å²) in [5, 5.41) is 10.6. The molecule has 0 radical (unpaired) electrons. The number of nitro benzene ring substituents is 1. The van der Waals surface area contributed by atoms with Gasteiger partial charge in [-0.25, -0.2) is 13.6 Å². The molecule has 10 heteroatoms. The first-order chi connectivity index (χ1) is 11.3. The molecule has 0 spiro atoms. The minimum Gasteiger partial charge on any atom is -0.449 e. The van der Waals surface area contributed by atoms with E-state index in [0.29, 0.717) is 6.07 Å². The summed E-state index contributed by atoms with van der Waals surface area (Å²) in [6, 6.07) is 0.328. The molecule has 1 fully saturated rings. The molecule has 0 saturated carbocycles. The van der Waals surface area contributed by atoms with Crippen molar-refractivity contribution in [3.63, 3.8) is 0 Å². The second kappa shape index (κ2) is 6.77. The van der Waals surface area contributed by atoms with Crippen molar-refractivity contribution in [1.29, 1.82) is 0 Å². The van der Waals surface area contributed by atoms with E-state index in [1.54, 1.807) is 6.92 Å². The summed E-state index contributed by atoms with van der Waals surface area (Å²) >= 11 is 0. The van der Waals surface area contributed by atoms with Crippen molar-refractivity contribution in [1.82, 2.24) is 4.90 Å². The van der Waals surface area contributed by atoms with E-state index in [0.717, 1.165) is 4.90 Å². The number of hydrogen-bond donors (Lipinski definition) is 0. The molecule has 0 atom stereocenters. The Bertz CT molecular complexity index is 711. The molecule has 1 amide bonds. The van der Waals surface area contributed by atoms with Gasteiger partial charge in [0, 0.05) is 18.8 Å². The first kappa shape index (κ1) is 17.6. The van der Waals surface area contributed by atoms with Crippen LogP contribution in [0.25, 0.3) is 0 Å². The standard InChI is InChI=1S/C14H14F3N3O4/c1-3-24-14(21)19-5-4-18(7-8(19)2)13-9(15)6-10(20(22)23)11(16)12(13)17/h6H,2-5,7H2,1H3. The molecule has 1 aliphatic heterocycles. The predicted molar refractivity (Wildman–Crippen MR) is 78.1 cm³/mol. The molecule has 1 aliphatic rings. The molecule has 1 aromatic carbocycles. The fraction of sp³-hybridized carbons (Fsp3) is 0.357. The summed E-state index contributed by atoms with van der Waals surface area (Å²) in [4.78, 5) is 23.4. The van der Waals surface area contributed by atoms with Gasteiger partial charge in [0.25, 0.3) is 0 Å². The molecule has 7 nitrogen and oxygen atoms in total. The lowest BCUT2D eigenvalue weighted by Gasteiger charge is -2.37. The van der Waals surface area contributed by atoms with Gasteiger partial charge < -0.3 is 9.64 Å². The SMILES string of the molecule is C=C1CN(c2c(F)cc([N+](=O)[O-])c(F)c2F)CCN1C(=O)OCC. The first-order valence-electron chi connectivity index (χ1n) is 6.96. The summed E-state index contributed by atoms with van der Waals surface area (Å²) in [7, 11) is 0. The van der Waals surface area contributed by atoms with Gasteiger partial charge in [0.15, 0.2) is 11.6 Å². The molecule has 130 valence electrons. The van der Waals surface area contributed by atoms with E-state index in [1.165, 1.54) is 4.90 Å². The number of piperazine rings is 1. The van der Waals surface area contributed by atoms with Gasteiger partial charge in [0.2, 0.25) is 5.82 Å². The van der Waals surface area contributed by atoms with Crippen molar-refractivity contribution in [3.8, 4) is 0 Å². The number of nitrogens with zero attached hydrogens (tertiary/aromatic N) is 3. The Morgan fingerprint density at radius 2 is 2.04 bits per heavy atom. The van der Waals surface area contributed by atoms with Gasteiger partial charge in [-0.15, -0.1) is 0 Å². The highest BCUT2D eigenvalue weighted by Gasteiger charge is 2.32. The molecular formula is C14H14F3N3O4. The van der Waals surface area contributed by atoms with Crippen LogP contribution < -0.4 is 4.90 Å². The van der Waals surface area contributed by atoms with E-state index in [9.17, 15) is 28.1 Å². The number of nitro groups is 1. The van der Waals surface area contributed by atoms with Crippen molar-refractivity contribution in [2.45, 2.75) is 6.92 Å². The summed E-state index contributed by atoms with van der Waals surface area (Å²) < 4.78 is 46.7. The predicted octanol–water partition coefficient (Wildman–Crippen LogP) is 2.80. The highest BCUT2D eigenvalue weighted by atomic mass is 19.2. The third-order valence-electron chi connectivity index (χ3n) is 3.46. The summed E-state index contributed by atoms with van der Waals surface area (Å²) in [5.41, 5.74) is -1.81. The number of carbonyl (C=O) groups is 1. The maximum Gasteiger partial charge on any atom is 0.414 e. The van der Waals surface area contributed by atoms with E-state index in [1.807, 2.05) is 0 Å². The van der Waals surface area contributed by atoms with Crippen LogP contribution in [0.1, 0.15) is 6.92 Å². The quantitative estimate of drug-likeness (QED) is 0.478. The number of ether oxygens (including phenoxy) is 1. The lowest BCUT2D eigenvalue weighted by molar-refractivity contribution is -0.388. The zero-order valence-electron chi connectivity index (χ0n) is 12.7. The molecule has 2 rings (SSSR count). The normalized spacial score (nSPS) is 14.8. The molecule has 1 heterocycles. The number of rotatable bonds is 3. The van der Waals surface area contributed by atoms with Gasteiger partial charge in [-0.2, -0.15) is 4.39 Å². The zero-order valence-corrected chi connectivity index (χ0v) is 12.7. The summed E-state index contributed by atoms with van der Waals surface area (Å²) in [5.74, 6) is -4.66. The zero-order chi connectivity index (χ0) is 18.0. The van der Waals surface area contributed by atoms with Crippen LogP contribution in [-0.2, 0) is 4.74 Å². The van der Waals surface area contributed by atoms with E-state index in [2.05, 4.69) is 6.58 Å². The monoisotopic (exact) mass is 345 g/mol. The molecule has 24 heavy (non-hydrogen) atoms. The van der Waals surface area contributed by atoms with Crippen LogP contribution in [0.5, 0.6) is 0 Å². The average molecular weight is 345 g/mol. The van der Waals surface area contributed by atoms with Crippen molar-refractivity contribution in [2.24, 2.45) is 0 Å². The van der Waals surface area contributed by atoms with Crippen LogP contribution in [0.4, 0.5) is 29.3 Å². The maximum atomic E-state index is 14.1. The van der Waals surface area contributed by atoms with Crippen molar-refractivity contribution >= 4 is 17.5 Å². The Labute approximate surface area is 135 Å². The molecule has 0 N–H and O–H groups in total. The van der Waals surface area contributed by atoms with Gasteiger partial charge >= 0.3 is 11.8 Å². The second-order valence-electron chi connectivity index (χ2n) is 4.95. The minimum absolute atomic E-state index is 0.0230. The molecule has 0 aromatic heterocycles. The highest BCUT2D eigenvalue weighted by Crippen LogP contribution is 2.33. The Morgan fingerprint density at radius 3 is 2.58 bits per heavy atom. The lowest BCUT2D eigenvalue weighted by atomic mass is 10.2. The van der Waals surface area contributed by atoms with Crippen LogP contribution in [0.15, 0.2) is 18.3 Å². The van der Waals surface area contributed by atoms with Crippen molar-refractivity contribution < 1.29 is 27.6 Å². The van der Waals surface area contributed by atoms with E-state index >= 15 is 0 Å².